The maximum atomic E-state index is 14.1. The number of hydrogen-bond donors (Lipinski definition) is 1. The zero-order chi connectivity index (χ0) is 25.5. The fourth-order valence-corrected chi connectivity index (χ4v) is 4.38. The van der Waals surface area contributed by atoms with Gasteiger partial charge < -0.3 is 24.6 Å². The molecule has 3 aromatic carbocycles. The summed E-state index contributed by atoms with van der Waals surface area (Å²) < 4.78 is 25.7. The molecule has 1 aliphatic heterocycles. The Morgan fingerprint density at radius 3 is 2.42 bits per heavy atom. The van der Waals surface area contributed by atoms with Gasteiger partial charge in [-0.15, -0.1) is 0 Å². The minimum atomic E-state index is -0.299. The maximum Gasteiger partial charge on any atom is 0.262 e. The van der Waals surface area contributed by atoms with Crippen LogP contribution in [0.4, 0.5) is 15.8 Å². The van der Waals surface area contributed by atoms with Gasteiger partial charge in [0.15, 0.2) is 18.1 Å². The second kappa shape index (κ2) is 12.1. The standard InChI is InChI=1S/C27H27ClFN3O3S/c1-2-34-25-17-19(7-12-24(25)35-18-26(33)30-21-10-8-20(28)9-11-21)27(36)32-15-13-31(14-16-32)23-6-4-3-5-22(23)29/h3-12,17H,2,13-16,18H2,1H3,(H,30,33). The summed E-state index contributed by atoms with van der Waals surface area (Å²) in [4.78, 5) is 17.1. The lowest BCUT2D eigenvalue weighted by molar-refractivity contribution is -0.118. The molecule has 6 nitrogen and oxygen atoms in total. The molecule has 1 amide bonds. The number of carbonyl (C=O) groups is 1. The first kappa shape index (κ1) is 25.7. The Balaban J connectivity index is 1.37. The van der Waals surface area contributed by atoms with E-state index in [4.69, 9.17) is 33.3 Å². The van der Waals surface area contributed by atoms with E-state index in [0.29, 0.717) is 65.7 Å². The highest BCUT2D eigenvalue weighted by Gasteiger charge is 2.22. The second-order valence-electron chi connectivity index (χ2n) is 8.17. The predicted octanol–water partition coefficient (Wildman–Crippen LogP) is 5.39. The van der Waals surface area contributed by atoms with Crippen LogP contribution < -0.4 is 19.7 Å². The molecule has 0 aliphatic carbocycles. The number of benzene rings is 3. The molecule has 1 heterocycles. The highest BCUT2D eigenvalue weighted by atomic mass is 35.5. The molecular weight excluding hydrogens is 501 g/mol. The van der Waals surface area contributed by atoms with Gasteiger partial charge in [0.1, 0.15) is 10.8 Å². The fourth-order valence-electron chi connectivity index (χ4n) is 3.94. The van der Waals surface area contributed by atoms with E-state index < -0.39 is 0 Å². The number of piperazine rings is 1. The van der Waals surface area contributed by atoms with Gasteiger partial charge in [-0.05, 0) is 61.5 Å². The van der Waals surface area contributed by atoms with Crippen LogP contribution in [0, 0.1) is 5.82 Å². The molecule has 0 radical (unpaired) electrons. The van der Waals surface area contributed by atoms with Gasteiger partial charge in [-0.1, -0.05) is 36.0 Å². The maximum absolute atomic E-state index is 14.1. The van der Waals surface area contributed by atoms with E-state index >= 15 is 0 Å². The van der Waals surface area contributed by atoms with Crippen molar-refractivity contribution >= 4 is 46.1 Å². The van der Waals surface area contributed by atoms with Crippen molar-refractivity contribution in [3.8, 4) is 11.5 Å². The predicted molar refractivity (Wildman–Crippen MR) is 145 cm³/mol. The average Bonchev–Trinajstić information content (AvgIpc) is 2.89. The smallest absolute Gasteiger partial charge is 0.262 e. The number of hydrogen-bond acceptors (Lipinski definition) is 5. The molecule has 36 heavy (non-hydrogen) atoms. The van der Waals surface area contributed by atoms with Crippen molar-refractivity contribution < 1.29 is 18.7 Å². The molecule has 0 spiro atoms. The fraction of sp³-hybridized carbons (Fsp3) is 0.259. The Bertz CT molecular complexity index is 1220. The lowest BCUT2D eigenvalue weighted by Gasteiger charge is -2.37. The molecule has 0 aromatic heterocycles. The Morgan fingerprint density at radius 2 is 1.72 bits per heavy atom. The number of para-hydroxylation sites is 1. The average molecular weight is 528 g/mol. The highest BCUT2D eigenvalue weighted by Crippen LogP contribution is 2.30. The first-order chi connectivity index (χ1) is 17.4. The van der Waals surface area contributed by atoms with Crippen molar-refractivity contribution in [1.29, 1.82) is 0 Å². The summed E-state index contributed by atoms with van der Waals surface area (Å²) in [6.45, 7) is 4.84. The first-order valence-electron chi connectivity index (χ1n) is 11.7. The number of carbonyl (C=O) groups excluding carboxylic acids is 1. The molecule has 1 aliphatic rings. The number of anilines is 2. The molecule has 9 heteroatoms. The third kappa shape index (κ3) is 6.44. The summed E-state index contributed by atoms with van der Waals surface area (Å²) >= 11 is 11.6. The van der Waals surface area contributed by atoms with Crippen LogP contribution in [0.3, 0.4) is 0 Å². The van der Waals surface area contributed by atoms with Crippen molar-refractivity contribution in [1.82, 2.24) is 4.90 Å². The van der Waals surface area contributed by atoms with Gasteiger partial charge in [0.2, 0.25) is 0 Å². The summed E-state index contributed by atoms with van der Waals surface area (Å²) in [5.74, 6) is 0.458. The number of amides is 1. The third-order valence-corrected chi connectivity index (χ3v) is 6.48. The zero-order valence-corrected chi connectivity index (χ0v) is 21.4. The van der Waals surface area contributed by atoms with E-state index in [2.05, 4.69) is 10.2 Å². The summed E-state index contributed by atoms with van der Waals surface area (Å²) in [6, 6.07) is 19.1. The van der Waals surface area contributed by atoms with Crippen LogP contribution in [0.2, 0.25) is 5.02 Å². The van der Waals surface area contributed by atoms with Crippen LogP contribution in [0.1, 0.15) is 12.5 Å². The zero-order valence-electron chi connectivity index (χ0n) is 19.9. The van der Waals surface area contributed by atoms with Crippen LogP contribution in [-0.4, -0.2) is 55.2 Å². The van der Waals surface area contributed by atoms with E-state index in [1.54, 1.807) is 42.5 Å². The van der Waals surface area contributed by atoms with Gasteiger partial charge in [-0.2, -0.15) is 0 Å². The molecule has 1 N–H and O–H groups in total. The van der Waals surface area contributed by atoms with Crippen LogP contribution in [-0.2, 0) is 4.79 Å². The van der Waals surface area contributed by atoms with Crippen molar-refractivity contribution in [2.24, 2.45) is 0 Å². The van der Waals surface area contributed by atoms with E-state index in [0.717, 1.165) is 5.56 Å². The Morgan fingerprint density at radius 1 is 1.00 bits per heavy atom. The number of thiocarbonyl (C=S) groups is 1. The third-order valence-electron chi connectivity index (χ3n) is 5.74. The topological polar surface area (TPSA) is 54.0 Å². The molecule has 3 aromatic rings. The number of ether oxygens (including phenoxy) is 2. The Kier molecular flexibility index (Phi) is 8.61. The molecule has 1 fully saturated rings. The molecular formula is C27H27ClFN3O3S. The van der Waals surface area contributed by atoms with E-state index in [1.807, 2.05) is 30.0 Å². The molecule has 4 rings (SSSR count). The van der Waals surface area contributed by atoms with Gasteiger partial charge in [0.05, 0.1) is 12.3 Å². The van der Waals surface area contributed by atoms with Crippen molar-refractivity contribution in [3.05, 3.63) is 83.1 Å². The van der Waals surface area contributed by atoms with E-state index in [1.165, 1.54) is 6.07 Å². The van der Waals surface area contributed by atoms with Crippen LogP contribution >= 0.6 is 23.8 Å². The largest absolute Gasteiger partial charge is 0.490 e. The van der Waals surface area contributed by atoms with Crippen LogP contribution in [0.15, 0.2) is 66.7 Å². The molecule has 188 valence electrons. The van der Waals surface area contributed by atoms with Crippen molar-refractivity contribution in [3.63, 3.8) is 0 Å². The van der Waals surface area contributed by atoms with E-state index in [9.17, 15) is 9.18 Å². The lowest BCUT2D eigenvalue weighted by atomic mass is 10.1. The summed E-state index contributed by atoms with van der Waals surface area (Å²) in [5, 5.41) is 3.36. The molecule has 0 bridgehead atoms. The van der Waals surface area contributed by atoms with Gasteiger partial charge in [0.25, 0.3) is 5.91 Å². The number of nitrogens with one attached hydrogen (secondary N) is 1. The molecule has 0 unspecified atom stereocenters. The SMILES string of the molecule is CCOc1cc(C(=S)N2CCN(c3ccccc3F)CC2)ccc1OCC(=O)Nc1ccc(Cl)cc1. The van der Waals surface area contributed by atoms with Crippen molar-refractivity contribution in [2.45, 2.75) is 6.92 Å². The van der Waals surface area contributed by atoms with Gasteiger partial charge in [0, 0.05) is 42.5 Å². The number of nitrogens with zero attached hydrogens (tertiary/aromatic N) is 2. The van der Waals surface area contributed by atoms with Crippen LogP contribution in [0.5, 0.6) is 11.5 Å². The molecule has 0 saturated carbocycles. The summed E-state index contributed by atoms with van der Waals surface area (Å²) in [7, 11) is 0. The Hall–Kier alpha value is -3.36. The quantitative estimate of drug-likeness (QED) is 0.396. The number of halogens is 2. The second-order valence-corrected chi connectivity index (χ2v) is 8.99. The Labute approximate surface area is 220 Å². The minimum absolute atomic E-state index is 0.176. The normalized spacial score (nSPS) is 13.3. The van der Waals surface area contributed by atoms with Gasteiger partial charge >= 0.3 is 0 Å². The lowest BCUT2D eigenvalue weighted by Crippen LogP contribution is -2.48. The van der Waals surface area contributed by atoms with Crippen molar-refractivity contribution in [2.75, 3.05) is 49.6 Å². The van der Waals surface area contributed by atoms with Gasteiger partial charge in [-0.3, -0.25) is 4.79 Å². The summed E-state index contributed by atoms with van der Waals surface area (Å²) in [5.41, 5.74) is 2.07. The van der Waals surface area contributed by atoms with Crippen LogP contribution in [0.25, 0.3) is 0 Å². The molecule has 1 saturated heterocycles. The minimum Gasteiger partial charge on any atom is -0.490 e. The summed E-state index contributed by atoms with van der Waals surface area (Å²) in [6.07, 6.45) is 0. The number of rotatable bonds is 8. The molecule has 0 atom stereocenters. The van der Waals surface area contributed by atoms with Gasteiger partial charge in [-0.25, -0.2) is 4.39 Å². The van der Waals surface area contributed by atoms with E-state index in [-0.39, 0.29) is 18.3 Å². The highest BCUT2D eigenvalue weighted by molar-refractivity contribution is 7.80. The first-order valence-corrected chi connectivity index (χ1v) is 12.5. The monoisotopic (exact) mass is 527 g/mol.